The summed E-state index contributed by atoms with van der Waals surface area (Å²) in [5, 5.41) is 9.32. The van der Waals surface area contributed by atoms with E-state index in [9.17, 15) is 18.0 Å². The fourth-order valence-electron chi connectivity index (χ4n) is 3.40. The molecule has 11 heteroatoms. The Hall–Kier alpha value is -4.25. The largest absolute Gasteiger partial charge is 0.512 e. The van der Waals surface area contributed by atoms with Crippen molar-refractivity contribution in [2.75, 3.05) is 11.0 Å². The number of benzene rings is 2. The number of carboxylic acid groups (broad SMARTS) is 1. The quantitative estimate of drug-likeness (QED) is 0.365. The number of pyridine rings is 1. The van der Waals surface area contributed by atoms with Gasteiger partial charge in [-0.1, -0.05) is 18.2 Å². The van der Waals surface area contributed by atoms with Crippen LogP contribution >= 0.6 is 0 Å². The van der Waals surface area contributed by atoms with Crippen LogP contribution in [0.5, 0.6) is 17.4 Å². The van der Waals surface area contributed by atoms with Gasteiger partial charge >= 0.3 is 6.16 Å². The Bertz CT molecular complexity index is 1520. The highest BCUT2D eigenvalue weighted by molar-refractivity contribution is 7.92. The molecule has 0 saturated heterocycles. The number of rotatable bonds is 6. The maximum atomic E-state index is 12.6. The standard InChI is InChI=1S/C22H19N3O7S/c1-25-12-17(16-11-19(32-22(27)28)23-20(16)21(25)26)15-10-13(24-33(2,29)30)8-9-18(15)31-14-6-4-3-5-7-14/h3-12,23-24H,1-2H3,(H,27,28). The first kappa shape index (κ1) is 22.0. The van der Waals surface area contributed by atoms with E-state index in [0.29, 0.717) is 28.0 Å². The number of fused-ring (bicyclic) bond motifs is 1. The van der Waals surface area contributed by atoms with Crippen LogP contribution in [-0.4, -0.2) is 35.5 Å². The van der Waals surface area contributed by atoms with Crippen LogP contribution in [0.3, 0.4) is 0 Å². The molecule has 3 N–H and O–H groups in total. The number of H-pyrrole nitrogens is 1. The Kier molecular flexibility index (Phi) is 5.56. The zero-order chi connectivity index (χ0) is 23.8. The molecule has 0 aliphatic heterocycles. The van der Waals surface area contributed by atoms with Gasteiger partial charge in [-0.05, 0) is 30.3 Å². The monoisotopic (exact) mass is 469 g/mol. The van der Waals surface area contributed by atoms with Gasteiger partial charge in [-0.3, -0.25) is 9.52 Å². The minimum absolute atomic E-state index is 0.124. The molecule has 2 aromatic carbocycles. The second-order valence-corrected chi connectivity index (χ2v) is 9.00. The topological polar surface area (TPSA) is 140 Å². The Morgan fingerprint density at radius 2 is 1.82 bits per heavy atom. The zero-order valence-corrected chi connectivity index (χ0v) is 18.3. The molecule has 0 atom stereocenters. The van der Waals surface area contributed by atoms with Crippen LogP contribution in [0.1, 0.15) is 0 Å². The van der Waals surface area contributed by atoms with Gasteiger partial charge in [0.1, 0.15) is 17.0 Å². The molecule has 0 radical (unpaired) electrons. The molecule has 33 heavy (non-hydrogen) atoms. The number of hydrogen-bond donors (Lipinski definition) is 3. The summed E-state index contributed by atoms with van der Waals surface area (Å²) in [6.45, 7) is 0. The Balaban J connectivity index is 1.96. The zero-order valence-electron chi connectivity index (χ0n) is 17.5. The van der Waals surface area contributed by atoms with Crippen molar-refractivity contribution in [1.29, 1.82) is 0 Å². The first-order valence-electron chi connectivity index (χ1n) is 9.59. The van der Waals surface area contributed by atoms with Gasteiger partial charge in [-0.25, -0.2) is 13.2 Å². The normalized spacial score (nSPS) is 11.3. The van der Waals surface area contributed by atoms with Crippen molar-refractivity contribution in [3.63, 3.8) is 0 Å². The van der Waals surface area contributed by atoms with Gasteiger partial charge in [0.2, 0.25) is 15.9 Å². The van der Waals surface area contributed by atoms with Gasteiger partial charge in [-0.2, -0.15) is 0 Å². The number of aromatic amines is 1. The lowest BCUT2D eigenvalue weighted by molar-refractivity contribution is 0.143. The van der Waals surface area contributed by atoms with Gasteiger partial charge in [0.15, 0.2) is 0 Å². The van der Waals surface area contributed by atoms with E-state index in [1.807, 2.05) is 6.07 Å². The Morgan fingerprint density at radius 1 is 1.09 bits per heavy atom. The summed E-state index contributed by atoms with van der Waals surface area (Å²) >= 11 is 0. The number of para-hydroxylation sites is 1. The molecule has 0 saturated carbocycles. The van der Waals surface area contributed by atoms with Crippen LogP contribution in [0, 0.1) is 0 Å². The van der Waals surface area contributed by atoms with Gasteiger partial charge < -0.3 is 24.1 Å². The lowest BCUT2D eigenvalue weighted by Crippen LogP contribution is -2.16. The van der Waals surface area contributed by atoms with Crippen LogP contribution < -0.4 is 19.8 Å². The molecule has 2 aromatic heterocycles. The third-order valence-electron chi connectivity index (χ3n) is 4.68. The lowest BCUT2D eigenvalue weighted by atomic mass is 10.0. The predicted octanol–water partition coefficient (Wildman–Crippen LogP) is 3.75. The van der Waals surface area contributed by atoms with Crippen molar-refractivity contribution in [1.82, 2.24) is 9.55 Å². The number of aryl methyl sites for hydroxylation is 1. The van der Waals surface area contributed by atoms with E-state index in [0.717, 1.165) is 6.26 Å². The maximum absolute atomic E-state index is 12.6. The highest BCUT2D eigenvalue weighted by Gasteiger charge is 2.19. The molecule has 10 nitrogen and oxygen atoms in total. The third kappa shape index (κ3) is 4.83. The molecular weight excluding hydrogens is 450 g/mol. The highest BCUT2D eigenvalue weighted by atomic mass is 32.2. The molecule has 0 aliphatic carbocycles. The van der Waals surface area contributed by atoms with Gasteiger partial charge in [-0.15, -0.1) is 0 Å². The maximum Gasteiger partial charge on any atom is 0.512 e. The number of nitrogens with zero attached hydrogens (tertiary/aromatic N) is 1. The van der Waals surface area contributed by atoms with Gasteiger partial charge in [0.05, 0.1) is 6.26 Å². The smallest absolute Gasteiger partial charge is 0.457 e. The molecule has 0 amide bonds. The number of ether oxygens (including phenoxy) is 2. The molecule has 0 fully saturated rings. The Labute approximate surface area is 188 Å². The summed E-state index contributed by atoms with van der Waals surface area (Å²) in [5.74, 6) is 0.813. The number of nitrogens with one attached hydrogen (secondary N) is 2. The van der Waals surface area contributed by atoms with E-state index in [2.05, 4.69) is 9.71 Å². The van der Waals surface area contributed by atoms with Crippen molar-refractivity contribution in [3.05, 3.63) is 71.1 Å². The van der Waals surface area contributed by atoms with Crippen molar-refractivity contribution in [3.8, 4) is 28.5 Å². The molecule has 0 bridgehead atoms. The molecule has 2 heterocycles. The average molecular weight is 469 g/mol. The lowest BCUT2D eigenvalue weighted by Gasteiger charge is -2.15. The first-order valence-corrected chi connectivity index (χ1v) is 11.5. The van der Waals surface area contributed by atoms with Crippen LogP contribution in [-0.2, 0) is 17.1 Å². The molecule has 0 aliphatic rings. The second-order valence-electron chi connectivity index (χ2n) is 7.25. The van der Waals surface area contributed by atoms with Crippen molar-refractivity contribution < 1.29 is 27.8 Å². The number of carbonyl (C=O) groups is 1. The molecule has 4 aromatic rings. The van der Waals surface area contributed by atoms with Crippen molar-refractivity contribution in [2.45, 2.75) is 0 Å². The summed E-state index contributed by atoms with van der Waals surface area (Å²) in [6, 6.07) is 15.1. The summed E-state index contributed by atoms with van der Waals surface area (Å²) in [7, 11) is -2.01. The summed E-state index contributed by atoms with van der Waals surface area (Å²) < 4.78 is 38.0. The van der Waals surface area contributed by atoms with E-state index in [-0.39, 0.29) is 17.1 Å². The Morgan fingerprint density at radius 3 is 2.48 bits per heavy atom. The molecule has 170 valence electrons. The number of anilines is 1. The fraction of sp³-hybridized carbons (Fsp3) is 0.0909. The minimum atomic E-state index is -3.55. The summed E-state index contributed by atoms with van der Waals surface area (Å²) in [6.07, 6.45) is 1.06. The van der Waals surface area contributed by atoms with Gasteiger partial charge in [0.25, 0.3) is 5.56 Å². The van der Waals surface area contributed by atoms with E-state index in [4.69, 9.17) is 14.6 Å². The summed E-state index contributed by atoms with van der Waals surface area (Å²) in [4.78, 5) is 26.3. The SMILES string of the molecule is Cn1cc(-c2cc(NS(C)(=O)=O)ccc2Oc2ccccc2)c2cc(OC(=O)O)[nH]c2c1=O. The second kappa shape index (κ2) is 8.36. The van der Waals surface area contributed by atoms with Crippen LogP contribution in [0.2, 0.25) is 0 Å². The van der Waals surface area contributed by atoms with E-state index < -0.39 is 21.7 Å². The van der Waals surface area contributed by atoms with Gasteiger partial charge in [0, 0.05) is 41.5 Å². The van der Waals surface area contributed by atoms with Crippen LogP contribution in [0.25, 0.3) is 22.0 Å². The molecule has 4 rings (SSSR count). The van der Waals surface area contributed by atoms with Crippen molar-refractivity contribution in [2.24, 2.45) is 7.05 Å². The average Bonchev–Trinajstić information content (AvgIpc) is 3.15. The number of hydrogen-bond acceptors (Lipinski definition) is 6. The molecular formula is C22H19N3O7S. The van der Waals surface area contributed by atoms with E-state index >= 15 is 0 Å². The number of sulfonamides is 1. The fourth-order valence-corrected chi connectivity index (χ4v) is 3.95. The van der Waals surface area contributed by atoms with Crippen LogP contribution in [0.4, 0.5) is 10.5 Å². The molecule has 0 spiro atoms. The summed E-state index contributed by atoms with van der Waals surface area (Å²) in [5.41, 5.74) is 0.969. The van der Waals surface area contributed by atoms with Crippen molar-refractivity contribution >= 4 is 32.8 Å². The van der Waals surface area contributed by atoms with E-state index in [1.54, 1.807) is 55.7 Å². The molecule has 0 unspecified atom stereocenters. The minimum Gasteiger partial charge on any atom is -0.457 e. The van der Waals surface area contributed by atoms with Crippen LogP contribution in [0.15, 0.2) is 65.6 Å². The predicted molar refractivity (Wildman–Crippen MR) is 123 cm³/mol. The first-order chi connectivity index (χ1) is 15.6. The van der Waals surface area contributed by atoms with E-state index in [1.165, 1.54) is 10.6 Å². The third-order valence-corrected chi connectivity index (χ3v) is 5.29. The number of aromatic nitrogens is 2. The highest BCUT2D eigenvalue weighted by Crippen LogP contribution is 2.39.